The molecule has 0 spiro atoms. The number of guanidine groups is 1. The molecule has 1 saturated heterocycles. The van der Waals surface area contributed by atoms with E-state index in [9.17, 15) is 4.79 Å². The molecule has 28 heavy (non-hydrogen) atoms. The first-order valence-corrected chi connectivity index (χ1v) is 10.4. The Balaban J connectivity index is 1.33. The van der Waals surface area contributed by atoms with Gasteiger partial charge in [-0.15, -0.1) is 0 Å². The van der Waals surface area contributed by atoms with Crippen LogP contribution in [0.25, 0.3) is 0 Å². The number of hydrogen-bond donors (Lipinski definition) is 2. The number of benzene rings is 1. The fourth-order valence-electron chi connectivity index (χ4n) is 4.23. The first-order chi connectivity index (χ1) is 13.7. The number of carbonyl (C=O) groups excluding carboxylic acids is 1. The molecule has 1 aromatic carbocycles. The highest BCUT2D eigenvalue weighted by Crippen LogP contribution is 2.32. The summed E-state index contributed by atoms with van der Waals surface area (Å²) in [5, 5.41) is 6.81. The summed E-state index contributed by atoms with van der Waals surface area (Å²) in [4.78, 5) is 19.4. The molecule has 2 aliphatic heterocycles. The fourth-order valence-corrected chi connectivity index (χ4v) is 4.23. The molecule has 1 unspecified atom stereocenters. The van der Waals surface area contributed by atoms with Crippen LogP contribution in [0.5, 0.6) is 11.5 Å². The molecular weight excluding hydrogens is 356 g/mol. The summed E-state index contributed by atoms with van der Waals surface area (Å²) in [6.07, 6.45) is 5.49. The number of carbonyl (C=O) groups is 1. The molecule has 1 aromatic rings. The molecule has 7 heteroatoms. The Morgan fingerprint density at radius 2 is 2.04 bits per heavy atom. The van der Waals surface area contributed by atoms with Gasteiger partial charge in [0.25, 0.3) is 0 Å². The molecule has 0 aromatic heterocycles. The molecule has 152 valence electrons. The Labute approximate surface area is 166 Å². The zero-order valence-corrected chi connectivity index (χ0v) is 16.6. The van der Waals surface area contributed by atoms with Crippen LogP contribution in [0.3, 0.4) is 0 Å². The first-order valence-electron chi connectivity index (χ1n) is 10.4. The van der Waals surface area contributed by atoms with Crippen molar-refractivity contribution >= 4 is 11.9 Å². The Morgan fingerprint density at radius 3 is 2.86 bits per heavy atom. The largest absolute Gasteiger partial charge is 0.454 e. The van der Waals surface area contributed by atoms with Crippen LogP contribution in [0.2, 0.25) is 0 Å². The van der Waals surface area contributed by atoms with E-state index in [1.54, 1.807) is 0 Å². The molecule has 3 aliphatic rings. The van der Waals surface area contributed by atoms with Crippen molar-refractivity contribution in [2.24, 2.45) is 10.9 Å². The molecule has 7 nitrogen and oxygen atoms in total. The quantitative estimate of drug-likeness (QED) is 0.600. The minimum Gasteiger partial charge on any atom is -0.454 e. The van der Waals surface area contributed by atoms with E-state index in [-0.39, 0.29) is 18.8 Å². The van der Waals surface area contributed by atoms with Crippen molar-refractivity contribution in [3.05, 3.63) is 23.8 Å². The van der Waals surface area contributed by atoms with Crippen molar-refractivity contribution in [1.82, 2.24) is 15.5 Å². The Hall–Kier alpha value is -2.44. The number of rotatable bonds is 5. The van der Waals surface area contributed by atoms with Crippen LogP contribution in [-0.4, -0.2) is 49.2 Å². The van der Waals surface area contributed by atoms with Gasteiger partial charge in [0.1, 0.15) is 0 Å². The number of amides is 1. The maximum atomic E-state index is 12.6. The number of aliphatic imine (C=N–C) groups is 1. The smallest absolute Gasteiger partial charge is 0.231 e. The van der Waals surface area contributed by atoms with Crippen LogP contribution in [0.1, 0.15) is 44.6 Å². The van der Waals surface area contributed by atoms with Gasteiger partial charge in [-0.1, -0.05) is 18.9 Å². The number of ether oxygens (including phenoxy) is 2. The van der Waals surface area contributed by atoms with E-state index in [4.69, 9.17) is 14.5 Å². The third kappa shape index (κ3) is 4.34. The van der Waals surface area contributed by atoms with E-state index in [0.29, 0.717) is 12.5 Å². The molecule has 2 heterocycles. The van der Waals surface area contributed by atoms with Crippen LogP contribution >= 0.6 is 0 Å². The van der Waals surface area contributed by atoms with Crippen molar-refractivity contribution in [1.29, 1.82) is 0 Å². The summed E-state index contributed by atoms with van der Waals surface area (Å²) in [6.45, 7) is 5.30. The van der Waals surface area contributed by atoms with E-state index in [0.717, 1.165) is 61.9 Å². The van der Waals surface area contributed by atoms with Crippen molar-refractivity contribution in [3.63, 3.8) is 0 Å². The molecule has 2 N–H and O–H groups in total. The lowest BCUT2D eigenvalue weighted by atomic mass is 10.1. The molecule has 1 amide bonds. The summed E-state index contributed by atoms with van der Waals surface area (Å²) in [6, 6.07) is 6.17. The van der Waals surface area contributed by atoms with Gasteiger partial charge < -0.3 is 25.0 Å². The predicted octanol–water partition coefficient (Wildman–Crippen LogP) is 2.26. The molecule has 1 aliphatic carbocycles. The molecule has 2 fully saturated rings. The van der Waals surface area contributed by atoms with Crippen LogP contribution in [0.15, 0.2) is 23.2 Å². The molecule has 4 rings (SSSR count). The lowest BCUT2D eigenvalue weighted by Crippen LogP contribution is -2.45. The second-order valence-corrected chi connectivity index (χ2v) is 7.78. The average molecular weight is 386 g/mol. The van der Waals surface area contributed by atoms with E-state index >= 15 is 0 Å². The number of nitrogens with zero attached hydrogens (tertiary/aromatic N) is 2. The SMILES string of the molecule is CCNC(=NCc1ccc2c(c1)OCO2)NC1CCN(C(=O)C2CCCC2)C1. The lowest BCUT2D eigenvalue weighted by molar-refractivity contribution is -0.134. The summed E-state index contributed by atoms with van der Waals surface area (Å²) in [7, 11) is 0. The first kappa shape index (κ1) is 18.9. The summed E-state index contributed by atoms with van der Waals surface area (Å²) < 4.78 is 10.8. The molecule has 0 radical (unpaired) electrons. The van der Waals surface area contributed by atoms with Gasteiger partial charge in [-0.25, -0.2) is 4.99 Å². The maximum absolute atomic E-state index is 12.6. The van der Waals surface area contributed by atoms with Gasteiger partial charge >= 0.3 is 0 Å². The standard InChI is InChI=1S/C21H30N4O3/c1-2-22-21(23-12-15-7-8-18-19(11-15)28-14-27-18)24-17-9-10-25(13-17)20(26)16-5-3-4-6-16/h7-8,11,16-17H,2-6,9-10,12-14H2,1H3,(H2,22,23,24). The summed E-state index contributed by atoms with van der Waals surface area (Å²) in [5.74, 6) is 2.97. The normalized spacial score (nSPS) is 22.0. The van der Waals surface area contributed by atoms with Gasteiger partial charge in [-0.05, 0) is 43.9 Å². The van der Waals surface area contributed by atoms with E-state index in [1.807, 2.05) is 23.1 Å². The van der Waals surface area contributed by atoms with Crippen LogP contribution < -0.4 is 20.1 Å². The molecule has 1 saturated carbocycles. The van der Waals surface area contributed by atoms with Crippen molar-refractivity contribution in [3.8, 4) is 11.5 Å². The van der Waals surface area contributed by atoms with E-state index in [1.165, 1.54) is 12.8 Å². The van der Waals surface area contributed by atoms with E-state index < -0.39 is 0 Å². The molecular formula is C21H30N4O3. The van der Waals surface area contributed by atoms with Crippen LogP contribution in [-0.2, 0) is 11.3 Å². The summed E-state index contributed by atoms with van der Waals surface area (Å²) in [5.41, 5.74) is 1.07. The van der Waals surface area contributed by atoms with Gasteiger partial charge in [0, 0.05) is 31.6 Å². The Bertz CT molecular complexity index is 730. The van der Waals surface area contributed by atoms with Crippen molar-refractivity contribution in [2.45, 2.75) is 51.6 Å². The highest BCUT2D eigenvalue weighted by molar-refractivity contribution is 5.81. The van der Waals surface area contributed by atoms with Gasteiger partial charge in [-0.2, -0.15) is 0 Å². The van der Waals surface area contributed by atoms with Crippen LogP contribution in [0.4, 0.5) is 0 Å². The Morgan fingerprint density at radius 1 is 1.21 bits per heavy atom. The highest BCUT2D eigenvalue weighted by atomic mass is 16.7. The number of nitrogens with one attached hydrogen (secondary N) is 2. The van der Waals surface area contributed by atoms with Gasteiger partial charge in [-0.3, -0.25) is 4.79 Å². The Kier molecular flexibility index (Phi) is 5.88. The van der Waals surface area contributed by atoms with Gasteiger partial charge in [0.2, 0.25) is 12.7 Å². The minimum atomic E-state index is 0.250. The predicted molar refractivity (Wildman–Crippen MR) is 107 cm³/mol. The number of likely N-dealkylation sites (tertiary alicyclic amines) is 1. The third-order valence-electron chi connectivity index (χ3n) is 5.75. The molecule has 0 bridgehead atoms. The van der Waals surface area contributed by atoms with Gasteiger partial charge in [0.05, 0.1) is 6.54 Å². The lowest BCUT2D eigenvalue weighted by Gasteiger charge is -2.21. The van der Waals surface area contributed by atoms with Crippen molar-refractivity contribution in [2.75, 3.05) is 26.4 Å². The third-order valence-corrected chi connectivity index (χ3v) is 5.75. The second-order valence-electron chi connectivity index (χ2n) is 7.78. The van der Waals surface area contributed by atoms with Gasteiger partial charge in [0.15, 0.2) is 17.5 Å². The maximum Gasteiger partial charge on any atom is 0.231 e. The highest BCUT2D eigenvalue weighted by Gasteiger charge is 2.32. The zero-order chi connectivity index (χ0) is 19.3. The number of fused-ring (bicyclic) bond motifs is 1. The van der Waals surface area contributed by atoms with Crippen LogP contribution in [0, 0.1) is 5.92 Å². The topological polar surface area (TPSA) is 75.2 Å². The average Bonchev–Trinajstić information content (AvgIpc) is 3.46. The fraction of sp³-hybridized carbons (Fsp3) is 0.619. The molecule has 1 atom stereocenters. The van der Waals surface area contributed by atoms with Crippen molar-refractivity contribution < 1.29 is 14.3 Å². The number of hydrogen-bond acceptors (Lipinski definition) is 4. The summed E-state index contributed by atoms with van der Waals surface area (Å²) >= 11 is 0. The second kappa shape index (κ2) is 8.71. The van der Waals surface area contributed by atoms with E-state index in [2.05, 4.69) is 17.6 Å². The minimum absolute atomic E-state index is 0.250. The zero-order valence-electron chi connectivity index (χ0n) is 16.6. The monoisotopic (exact) mass is 386 g/mol.